The predicted molar refractivity (Wildman–Crippen MR) is 111 cm³/mol. The Kier molecular flexibility index (Phi) is 4.56. The summed E-state index contributed by atoms with van der Waals surface area (Å²) in [5, 5.41) is 0.140. The van der Waals surface area contributed by atoms with Crippen LogP contribution in [0, 0.1) is 0 Å². The zero-order valence-corrected chi connectivity index (χ0v) is 16.6. The lowest BCUT2D eigenvalue weighted by Gasteiger charge is -2.10. The highest BCUT2D eigenvalue weighted by Gasteiger charge is 2.31. The smallest absolute Gasteiger partial charge is 0.252 e. The van der Waals surface area contributed by atoms with E-state index in [0.29, 0.717) is 35.3 Å². The quantitative estimate of drug-likeness (QED) is 0.411. The number of hydrogen-bond acceptors (Lipinski definition) is 5. The van der Waals surface area contributed by atoms with Crippen LogP contribution in [-0.2, 0) is 6.54 Å². The van der Waals surface area contributed by atoms with Gasteiger partial charge in [-0.15, -0.1) is 0 Å². The van der Waals surface area contributed by atoms with Crippen LogP contribution < -0.4 is 9.47 Å². The van der Waals surface area contributed by atoms with E-state index < -0.39 is 0 Å². The first kappa shape index (κ1) is 17.9. The Morgan fingerprint density at radius 3 is 2.41 bits per heavy atom. The van der Waals surface area contributed by atoms with Crippen LogP contribution in [0.3, 0.4) is 0 Å². The van der Waals surface area contributed by atoms with Gasteiger partial charge in [0, 0.05) is 5.92 Å². The lowest BCUT2D eigenvalue weighted by Crippen LogP contribution is -2.05. The van der Waals surface area contributed by atoms with Gasteiger partial charge in [-0.25, -0.2) is 4.98 Å². The third-order valence-electron chi connectivity index (χ3n) is 4.96. The molecule has 7 heteroatoms. The highest BCUT2D eigenvalue weighted by molar-refractivity contribution is 6.28. The van der Waals surface area contributed by atoms with Gasteiger partial charge in [-0.2, -0.15) is 9.97 Å². The van der Waals surface area contributed by atoms with Gasteiger partial charge in [-0.1, -0.05) is 30.3 Å². The molecule has 0 bridgehead atoms. The number of imidazole rings is 1. The van der Waals surface area contributed by atoms with Gasteiger partial charge in [0.05, 0.1) is 13.7 Å². The van der Waals surface area contributed by atoms with E-state index >= 15 is 0 Å². The third kappa shape index (κ3) is 3.63. The molecular formula is C22H19ClN4O2. The zero-order chi connectivity index (χ0) is 19.8. The Bertz CT molecular complexity index is 1160. The summed E-state index contributed by atoms with van der Waals surface area (Å²) in [6, 6.07) is 17.5. The lowest BCUT2D eigenvalue weighted by atomic mass is 10.2. The molecule has 0 amide bonds. The number of fused-ring (bicyclic) bond motifs is 1. The molecule has 5 rings (SSSR count). The molecule has 29 heavy (non-hydrogen) atoms. The fourth-order valence-corrected chi connectivity index (χ4v) is 3.52. The van der Waals surface area contributed by atoms with E-state index in [0.717, 1.165) is 30.0 Å². The molecule has 4 aromatic rings. The fourth-order valence-electron chi connectivity index (χ4n) is 3.36. The van der Waals surface area contributed by atoms with Crippen LogP contribution in [-0.4, -0.2) is 26.6 Å². The molecule has 0 spiro atoms. The van der Waals surface area contributed by atoms with Crippen molar-refractivity contribution in [3.63, 3.8) is 0 Å². The minimum Gasteiger partial charge on any atom is -0.497 e. The van der Waals surface area contributed by atoms with Crippen molar-refractivity contribution in [1.82, 2.24) is 19.5 Å². The number of halogens is 1. The van der Waals surface area contributed by atoms with Gasteiger partial charge in [0.2, 0.25) is 5.28 Å². The van der Waals surface area contributed by atoms with Gasteiger partial charge < -0.3 is 14.0 Å². The molecular weight excluding hydrogens is 388 g/mol. The van der Waals surface area contributed by atoms with Gasteiger partial charge >= 0.3 is 0 Å². The summed E-state index contributed by atoms with van der Waals surface area (Å²) in [6.45, 7) is 0.643. The number of para-hydroxylation sites is 1. The second kappa shape index (κ2) is 7.37. The maximum Gasteiger partial charge on any atom is 0.252 e. The Labute approximate surface area is 173 Å². The number of aromatic nitrogens is 4. The van der Waals surface area contributed by atoms with Crippen molar-refractivity contribution in [1.29, 1.82) is 0 Å². The zero-order valence-electron chi connectivity index (χ0n) is 15.9. The summed E-state index contributed by atoms with van der Waals surface area (Å²) in [5.74, 6) is 3.33. The monoisotopic (exact) mass is 406 g/mol. The molecule has 0 unspecified atom stereocenters. The standard InChI is InChI=1S/C22H19ClN4O2/c1-28-16-11-7-14(8-12-16)13-27-19(15-9-10-15)24-18-20(27)25-22(23)26-21(18)29-17-5-3-2-4-6-17/h2-8,11-12,15H,9-10,13H2,1H3. The average molecular weight is 407 g/mol. The molecule has 2 aromatic carbocycles. The first-order valence-electron chi connectivity index (χ1n) is 9.51. The minimum absolute atomic E-state index is 0.140. The molecule has 0 atom stereocenters. The molecule has 2 heterocycles. The Morgan fingerprint density at radius 1 is 0.966 bits per heavy atom. The second-order valence-corrected chi connectivity index (χ2v) is 7.40. The minimum atomic E-state index is 0.140. The van der Waals surface area contributed by atoms with Crippen LogP contribution in [0.15, 0.2) is 54.6 Å². The Hall–Kier alpha value is -3.12. The van der Waals surface area contributed by atoms with E-state index in [4.69, 9.17) is 26.1 Å². The van der Waals surface area contributed by atoms with Crippen molar-refractivity contribution in [2.45, 2.75) is 25.3 Å². The lowest BCUT2D eigenvalue weighted by molar-refractivity contribution is 0.414. The highest BCUT2D eigenvalue weighted by Crippen LogP contribution is 2.42. The number of benzene rings is 2. The van der Waals surface area contributed by atoms with Crippen LogP contribution in [0.5, 0.6) is 17.4 Å². The maximum absolute atomic E-state index is 6.25. The molecule has 0 aliphatic heterocycles. The summed E-state index contributed by atoms with van der Waals surface area (Å²) in [6.07, 6.45) is 2.25. The van der Waals surface area contributed by atoms with Crippen molar-refractivity contribution in [2.75, 3.05) is 7.11 Å². The third-order valence-corrected chi connectivity index (χ3v) is 5.13. The molecule has 2 aromatic heterocycles. The summed E-state index contributed by atoms with van der Waals surface area (Å²) < 4.78 is 13.4. The van der Waals surface area contributed by atoms with E-state index in [9.17, 15) is 0 Å². The first-order valence-corrected chi connectivity index (χ1v) is 9.88. The van der Waals surface area contributed by atoms with Crippen LogP contribution in [0.25, 0.3) is 11.2 Å². The van der Waals surface area contributed by atoms with Gasteiger partial charge in [-0.05, 0) is 54.3 Å². The number of rotatable bonds is 6. The van der Waals surface area contributed by atoms with E-state index in [1.54, 1.807) is 7.11 Å². The number of nitrogens with zero attached hydrogens (tertiary/aromatic N) is 4. The normalized spacial score (nSPS) is 13.6. The van der Waals surface area contributed by atoms with Crippen LogP contribution >= 0.6 is 11.6 Å². The Morgan fingerprint density at radius 2 is 1.72 bits per heavy atom. The molecule has 1 fully saturated rings. The van der Waals surface area contributed by atoms with Gasteiger partial charge in [0.25, 0.3) is 5.88 Å². The van der Waals surface area contributed by atoms with Crippen molar-refractivity contribution < 1.29 is 9.47 Å². The molecule has 146 valence electrons. The van der Waals surface area contributed by atoms with Crippen LogP contribution in [0.4, 0.5) is 0 Å². The van der Waals surface area contributed by atoms with Crippen molar-refractivity contribution >= 4 is 22.8 Å². The van der Waals surface area contributed by atoms with Crippen LogP contribution in [0.2, 0.25) is 5.28 Å². The SMILES string of the molecule is COc1ccc(Cn2c(C3CC3)nc3c(Oc4ccccc4)nc(Cl)nc32)cc1. The first-order chi connectivity index (χ1) is 14.2. The molecule has 1 aliphatic rings. The van der Waals surface area contributed by atoms with E-state index in [1.165, 1.54) is 0 Å². The summed E-state index contributed by atoms with van der Waals surface area (Å²) in [5.41, 5.74) is 2.45. The van der Waals surface area contributed by atoms with Crippen molar-refractivity contribution in [2.24, 2.45) is 0 Å². The predicted octanol–water partition coefficient (Wildman–Crippen LogP) is 5.21. The van der Waals surface area contributed by atoms with Gasteiger partial charge in [-0.3, -0.25) is 0 Å². The topological polar surface area (TPSA) is 62.1 Å². The molecule has 1 saturated carbocycles. The number of methoxy groups -OCH3 is 1. The van der Waals surface area contributed by atoms with Gasteiger partial charge in [0.1, 0.15) is 17.3 Å². The average Bonchev–Trinajstić information content (AvgIpc) is 3.52. The summed E-state index contributed by atoms with van der Waals surface area (Å²) >= 11 is 6.25. The van der Waals surface area contributed by atoms with Gasteiger partial charge in [0.15, 0.2) is 11.2 Å². The fraction of sp³-hybridized carbons (Fsp3) is 0.227. The van der Waals surface area contributed by atoms with Crippen molar-refractivity contribution in [3.05, 3.63) is 71.3 Å². The number of hydrogen-bond donors (Lipinski definition) is 0. The summed E-state index contributed by atoms with van der Waals surface area (Å²) in [7, 11) is 1.66. The van der Waals surface area contributed by atoms with Crippen molar-refractivity contribution in [3.8, 4) is 17.4 Å². The second-order valence-electron chi connectivity index (χ2n) is 7.06. The van der Waals surface area contributed by atoms with E-state index in [2.05, 4.69) is 14.5 Å². The largest absolute Gasteiger partial charge is 0.497 e. The van der Waals surface area contributed by atoms with E-state index in [-0.39, 0.29) is 5.28 Å². The maximum atomic E-state index is 6.25. The van der Waals surface area contributed by atoms with E-state index in [1.807, 2.05) is 54.6 Å². The highest BCUT2D eigenvalue weighted by atomic mass is 35.5. The molecule has 6 nitrogen and oxygen atoms in total. The molecule has 0 radical (unpaired) electrons. The van der Waals surface area contributed by atoms with Crippen LogP contribution in [0.1, 0.15) is 30.1 Å². The molecule has 0 N–H and O–H groups in total. The molecule has 0 saturated heterocycles. The number of ether oxygens (including phenoxy) is 2. The summed E-state index contributed by atoms with van der Waals surface area (Å²) in [4.78, 5) is 13.7. The molecule has 1 aliphatic carbocycles. The Balaban J connectivity index is 1.59.